The molecular formula is C14H15N5O3S. The number of primary sulfonamides is 1. The number of nitrogen functional groups attached to an aromatic ring is 1. The van der Waals surface area contributed by atoms with Crippen molar-refractivity contribution >= 4 is 27.2 Å². The Morgan fingerprint density at radius 1 is 1.39 bits per heavy atom. The second-order valence-corrected chi connectivity index (χ2v) is 6.08. The summed E-state index contributed by atoms with van der Waals surface area (Å²) in [4.78, 5) is 4.13. The summed E-state index contributed by atoms with van der Waals surface area (Å²) < 4.78 is 28.0. The van der Waals surface area contributed by atoms with Gasteiger partial charge in [-0.3, -0.25) is 0 Å². The molecule has 0 saturated carbocycles. The number of hydrogen-bond donors (Lipinski definition) is 3. The molecule has 2 rings (SSSR count). The van der Waals surface area contributed by atoms with E-state index in [4.69, 9.17) is 20.9 Å². The zero-order valence-corrected chi connectivity index (χ0v) is 13.1. The zero-order chi connectivity index (χ0) is 17.0. The van der Waals surface area contributed by atoms with Gasteiger partial charge in [-0.2, -0.15) is 10.2 Å². The molecule has 1 aromatic heterocycles. The molecule has 0 spiro atoms. The van der Waals surface area contributed by atoms with Gasteiger partial charge < -0.3 is 15.8 Å². The summed E-state index contributed by atoms with van der Waals surface area (Å²) in [6.45, 7) is 2.08. The smallest absolute Gasteiger partial charge is 0.238 e. The molecule has 0 bridgehead atoms. The van der Waals surface area contributed by atoms with Gasteiger partial charge in [-0.15, -0.1) is 0 Å². The number of pyridine rings is 1. The number of benzene rings is 1. The summed E-state index contributed by atoms with van der Waals surface area (Å²) in [5, 5.41) is 17.1. The Kier molecular flexibility index (Phi) is 4.68. The van der Waals surface area contributed by atoms with Crippen LogP contribution in [0.3, 0.4) is 0 Å². The third-order valence-electron chi connectivity index (χ3n) is 2.84. The van der Waals surface area contributed by atoms with Crippen molar-refractivity contribution in [3.8, 4) is 11.9 Å². The quantitative estimate of drug-likeness (QED) is 0.748. The van der Waals surface area contributed by atoms with Crippen molar-refractivity contribution in [2.24, 2.45) is 5.14 Å². The lowest BCUT2D eigenvalue weighted by molar-refractivity contribution is 0.326. The van der Waals surface area contributed by atoms with Gasteiger partial charge in [0.1, 0.15) is 17.5 Å². The number of hydrogen-bond acceptors (Lipinski definition) is 7. The SMILES string of the molecule is CCOc1nc(Nc2cccc(S(N)(=O)=O)c2)cc(N)c1C#N. The number of nitrogens with zero attached hydrogens (tertiary/aromatic N) is 2. The van der Waals surface area contributed by atoms with E-state index >= 15 is 0 Å². The first-order valence-corrected chi connectivity index (χ1v) is 8.13. The summed E-state index contributed by atoms with van der Waals surface area (Å²) in [7, 11) is -3.81. The van der Waals surface area contributed by atoms with Crippen LogP contribution in [0.1, 0.15) is 12.5 Å². The molecule has 0 saturated heterocycles. The molecule has 9 heteroatoms. The molecule has 0 unspecified atom stereocenters. The minimum Gasteiger partial charge on any atom is -0.477 e. The normalized spacial score (nSPS) is 10.8. The van der Waals surface area contributed by atoms with E-state index in [2.05, 4.69) is 10.3 Å². The lowest BCUT2D eigenvalue weighted by atomic mass is 10.2. The van der Waals surface area contributed by atoms with Crippen molar-refractivity contribution in [2.75, 3.05) is 17.7 Å². The molecule has 0 aliphatic carbocycles. The molecular weight excluding hydrogens is 318 g/mol. The Labute approximate surface area is 133 Å². The van der Waals surface area contributed by atoms with E-state index in [0.717, 1.165) is 0 Å². The molecule has 1 heterocycles. The topological polar surface area (TPSA) is 144 Å². The number of ether oxygens (including phenoxy) is 1. The van der Waals surface area contributed by atoms with Gasteiger partial charge in [0.15, 0.2) is 0 Å². The van der Waals surface area contributed by atoms with Gasteiger partial charge in [0.05, 0.1) is 17.2 Å². The van der Waals surface area contributed by atoms with Crippen molar-refractivity contribution in [3.05, 3.63) is 35.9 Å². The van der Waals surface area contributed by atoms with Gasteiger partial charge in [-0.1, -0.05) is 6.07 Å². The van der Waals surface area contributed by atoms with Gasteiger partial charge in [-0.25, -0.2) is 13.6 Å². The minimum atomic E-state index is -3.81. The Hall–Kier alpha value is -2.83. The number of nitrogens with two attached hydrogens (primary N) is 2. The lowest BCUT2D eigenvalue weighted by Crippen LogP contribution is -2.12. The molecule has 8 nitrogen and oxygen atoms in total. The fourth-order valence-corrected chi connectivity index (χ4v) is 2.42. The predicted octanol–water partition coefficient (Wildman–Crippen LogP) is 1.33. The number of rotatable bonds is 5. The van der Waals surface area contributed by atoms with Crippen LogP contribution in [0.15, 0.2) is 35.2 Å². The van der Waals surface area contributed by atoms with Crippen LogP contribution in [0.2, 0.25) is 0 Å². The van der Waals surface area contributed by atoms with Crippen LogP contribution < -0.4 is 20.9 Å². The second-order valence-electron chi connectivity index (χ2n) is 4.52. The van der Waals surface area contributed by atoms with Crippen molar-refractivity contribution in [2.45, 2.75) is 11.8 Å². The van der Waals surface area contributed by atoms with Crippen LogP contribution in [-0.4, -0.2) is 20.0 Å². The molecule has 0 fully saturated rings. The number of aromatic nitrogens is 1. The maximum Gasteiger partial charge on any atom is 0.238 e. The van der Waals surface area contributed by atoms with E-state index in [1.165, 1.54) is 18.2 Å². The van der Waals surface area contributed by atoms with Crippen LogP contribution >= 0.6 is 0 Å². The first-order chi connectivity index (χ1) is 10.8. The average Bonchev–Trinajstić information content (AvgIpc) is 2.47. The summed E-state index contributed by atoms with van der Waals surface area (Å²) in [6.07, 6.45) is 0. The van der Waals surface area contributed by atoms with E-state index in [-0.39, 0.29) is 22.0 Å². The third kappa shape index (κ3) is 3.88. The van der Waals surface area contributed by atoms with Gasteiger partial charge in [0.2, 0.25) is 15.9 Å². The summed E-state index contributed by atoms with van der Waals surface area (Å²) >= 11 is 0. The first-order valence-electron chi connectivity index (χ1n) is 6.58. The molecule has 0 aliphatic rings. The monoisotopic (exact) mass is 333 g/mol. The largest absolute Gasteiger partial charge is 0.477 e. The standard InChI is InChI=1S/C14H15N5O3S/c1-2-22-14-11(8-15)12(16)7-13(19-14)18-9-4-3-5-10(6-9)23(17,20)21/h3-7H,2H2,1H3,(H3,16,18,19)(H2,17,20,21). The second kappa shape index (κ2) is 6.51. The highest BCUT2D eigenvalue weighted by atomic mass is 32.2. The predicted molar refractivity (Wildman–Crippen MR) is 85.6 cm³/mol. The molecule has 5 N–H and O–H groups in total. The maximum atomic E-state index is 11.4. The van der Waals surface area contributed by atoms with Crippen LogP contribution in [0.4, 0.5) is 17.2 Å². The molecule has 120 valence electrons. The minimum absolute atomic E-state index is 0.0332. The summed E-state index contributed by atoms with van der Waals surface area (Å²) in [5.74, 6) is 0.427. The molecule has 0 atom stereocenters. The Balaban J connectivity index is 2.39. The molecule has 1 aromatic carbocycles. The number of sulfonamides is 1. The molecule has 0 amide bonds. The maximum absolute atomic E-state index is 11.4. The fraction of sp³-hybridized carbons (Fsp3) is 0.143. The third-order valence-corrected chi connectivity index (χ3v) is 3.76. The van der Waals surface area contributed by atoms with E-state index in [1.54, 1.807) is 19.1 Å². The van der Waals surface area contributed by atoms with Gasteiger partial charge in [-0.05, 0) is 25.1 Å². The van der Waals surface area contributed by atoms with Gasteiger partial charge in [0.25, 0.3) is 0 Å². The number of nitriles is 1. The van der Waals surface area contributed by atoms with E-state index in [0.29, 0.717) is 18.1 Å². The Morgan fingerprint density at radius 2 is 2.13 bits per heavy atom. The first kappa shape index (κ1) is 16.5. The Morgan fingerprint density at radius 3 is 2.74 bits per heavy atom. The zero-order valence-electron chi connectivity index (χ0n) is 12.3. The fourth-order valence-electron chi connectivity index (χ4n) is 1.86. The molecule has 0 radical (unpaired) electrons. The summed E-state index contributed by atoms with van der Waals surface area (Å²) in [5.41, 5.74) is 6.63. The van der Waals surface area contributed by atoms with Crippen molar-refractivity contribution in [1.29, 1.82) is 5.26 Å². The van der Waals surface area contributed by atoms with Gasteiger partial charge >= 0.3 is 0 Å². The Bertz CT molecular complexity index is 874. The van der Waals surface area contributed by atoms with Crippen molar-refractivity contribution < 1.29 is 13.2 Å². The van der Waals surface area contributed by atoms with Crippen molar-refractivity contribution in [3.63, 3.8) is 0 Å². The molecule has 0 aliphatic heterocycles. The van der Waals surface area contributed by atoms with Crippen LogP contribution in [0.5, 0.6) is 5.88 Å². The highest BCUT2D eigenvalue weighted by Gasteiger charge is 2.13. The number of anilines is 3. The number of nitrogens with one attached hydrogen (secondary N) is 1. The lowest BCUT2D eigenvalue weighted by Gasteiger charge is -2.11. The van der Waals surface area contributed by atoms with E-state index in [9.17, 15) is 8.42 Å². The highest BCUT2D eigenvalue weighted by molar-refractivity contribution is 7.89. The van der Waals surface area contributed by atoms with Crippen LogP contribution in [-0.2, 0) is 10.0 Å². The molecule has 2 aromatic rings. The molecule has 23 heavy (non-hydrogen) atoms. The van der Waals surface area contributed by atoms with Gasteiger partial charge in [0, 0.05) is 11.8 Å². The average molecular weight is 333 g/mol. The van der Waals surface area contributed by atoms with Crippen LogP contribution in [0, 0.1) is 11.3 Å². The van der Waals surface area contributed by atoms with Crippen molar-refractivity contribution in [1.82, 2.24) is 4.98 Å². The summed E-state index contributed by atoms with van der Waals surface area (Å²) in [6, 6.07) is 9.33. The van der Waals surface area contributed by atoms with E-state index < -0.39 is 10.0 Å². The van der Waals surface area contributed by atoms with Crippen LogP contribution in [0.25, 0.3) is 0 Å². The highest BCUT2D eigenvalue weighted by Crippen LogP contribution is 2.27. The van der Waals surface area contributed by atoms with E-state index in [1.807, 2.05) is 6.07 Å².